The number of rotatable bonds is 4. The molecule has 1 heterocycles. The summed E-state index contributed by atoms with van der Waals surface area (Å²) in [7, 11) is 0. The highest BCUT2D eigenvalue weighted by Crippen LogP contribution is 2.35. The minimum Gasteiger partial charge on any atom is -0.331 e. The van der Waals surface area contributed by atoms with Crippen molar-refractivity contribution in [1.82, 2.24) is 4.90 Å². The Morgan fingerprint density at radius 2 is 1.58 bits per heavy atom. The molecule has 0 bridgehead atoms. The first-order valence-electron chi connectivity index (χ1n) is 10.8. The number of hydrogen-bond acceptors (Lipinski definition) is 2. The van der Waals surface area contributed by atoms with Crippen LogP contribution in [0.5, 0.6) is 0 Å². The van der Waals surface area contributed by atoms with Gasteiger partial charge in [0.1, 0.15) is 0 Å². The lowest BCUT2D eigenvalue weighted by atomic mass is 9.92. The van der Waals surface area contributed by atoms with Crippen LogP contribution in [0.3, 0.4) is 0 Å². The number of anilines is 1. The van der Waals surface area contributed by atoms with Crippen molar-refractivity contribution in [2.24, 2.45) is 0 Å². The second-order valence-electron chi connectivity index (χ2n) is 8.50. The van der Waals surface area contributed by atoms with Crippen molar-refractivity contribution in [1.29, 1.82) is 0 Å². The van der Waals surface area contributed by atoms with Crippen LogP contribution in [-0.2, 0) is 12.7 Å². The molecule has 1 aliphatic carbocycles. The summed E-state index contributed by atoms with van der Waals surface area (Å²) < 4.78 is 38.1. The van der Waals surface area contributed by atoms with Gasteiger partial charge >= 0.3 is 6.18 Å². The van der Waals surface area contributed by atoms with Crippen molar-refractivity contribution >= 4 is 17.5 Å². The van der Waals surface area contributed by atoms with E-state index in [9.17, 15) is 22.8 Å². The summed E-state index contributed by atoms with van der Waals surface area (Å²) in [5.41, 5.74) is 3.48. The molecule has 4 nitrogen and oxygen atoms in total. The maximum Gasteiger partial charge on any atom is 0.416 e. The summed E-state index contributed by atoms with van der Waals surface area (Å²) in [6.07, 6.45) is -1.11. The number of alkyl halides is 3. The fraction of sp³-hybridized carbons (Fsp3) is 0.231. The van der Waals surface area contributed by atoms with Crippen LogP contribution in [0.1, 0.15) is 51.1 Å². The average Bonchev–Trinajstić information content (AvgIpc) is 3.08. The number of nitrogens with one attached hydrogen (secondary N) is 1. The Morgan fingerprint density at radius 1 is 0.909 bits per heavy atom. The van der Waals surface area contributed by atoms with E-state index >= 15 is 0 Å². The van der Waals surface area contributed by atoms with Gasteiger partial charge in [-0.05, 0) is 78.4 Å². The highest BCUT2D eigenvalue weighted by Gasteiger charge is 2.35. The van der Waals surface area contributed by atoms with E-state index in [0.29, 0.717) is 18.3 Å². The highest BCUT2D eigenvalue weighted by atomic mass is 19.4. The Morgan fingerprint density at radius 3 is 2.18 bits per heavy atom. The van der Waals surface area contributed by atoms with Gasteiger partial charge in [-0.3, -0.25) is 9.59 Å². The van der Waals surface area contributed by atoms with Gasteiger partial charge in [-0.1, -0.05) is 24.3 Å². The van der Waals surface area contributed by atoms with Crippen LogP contribution >= 0.6 is 0 Å². The smallest absolute Gasteiger partial charge is 0.331 e. The molecule has 3 aromatic rings. The summed E-state index contributed by atoms with van der Waals surface area (Å²) in [5, 5.41) is 2.69. The molecule has 2 amide bonds. The third kappa shape index (κ3) is 4.11. The minimum absolute atomic E-state index is 0.0944. The van der Waals surface area contributed by atoms with Crippen molar-refractivity contribution in [3.63, 3.8) is 0 Å². The molecule has 3 aromatic carbocycles. The van der Waals surface area contributed by atoms with E-state index in [1.54, 1.807) is 12.1 Å². The molecule has 7 heteroatoms. The lowest BCUT2D eigenvalue weighted by Crippen LogP contribution is -2.40. The summed E-state index contributed by atoms with van der Waals surface area (Å²) in [6.45, 7) is 0.675. The maximum absolute atomic E-state index is 12.8. The van der Waals surface area contributed by atoms with Gasteiger partial charge in [-0.25, -0.2) is 0 Å². The average molecular weight is 450 g/mol. The number of carbonyl (C=O) groups is 2. The summed E-state index contributed by atoms with van der Waals surface area (Å²) >= 11 is 0. The SMILES string of the molecule is O=C(Nc1ccc(-c2ccc3c(c2)C(=O)N(C2CCC2)C3)cc1)c1ccc(C(F)(F)F)cc1. The number of halogens is 3. The predicted molar refractivity (Wildman–Crippen MR) is 119 cm³/mol. The van der Waals surface area contributed by atoms with Crippen LogP contribution in [0, 0.1) is 0 Å². The van der Waals surface area contributed by atoms with E-state index in [0.717, 1.165) is 59.4 Å². The van der Waals surface area contributed by atoms with Crippen molar-refractivity contribution in [2.45, 2.75) is 38.0 Å². The predicted octanol–water partition coefficient (Wildman–Crippen LogP) is 6.13. The number of benzene rings is 3. The first-order chi connectivity index (χ1) is 15.8. The minimum atomic E-state index is -4.44. The van der Waals surface area contributed by atoms with Crippen molar-refractivity contribution in [3.05, 3.63) is 89.0 Å². The molecule has 33 heavy (non-hydrogen) atoms. The van der Waals surface area contributed by atoms with E-state index in [1.807, 2.05) is 35.2 Å². The molecule has 0 atom stereocenters. The Balaban J connectivity index is 1.28. The zero-order valence-corrected chi connectivity index (χ0v) is 17.7. The number of amides is 2. The normalized spacial score (nSPS) is 15.8. The van der Waals surface area contributed by atoms with E-state index < -0.39 is 17.6 Å². The van der Waals surface area contributed by atoms with Gasteiger partial charge in [0.05, 0.1) is 5.56 Å². The number of nitrogens with zero attached hydrogens (tertiary/aromatic N) is 1. The van der Waals surface area contributed by atoms with Gasteiger partial charge in [0.25, 0.3) is 11.8 Å². The third-order valence-corrected chi connectivity index (χ3v) is 6.41. The molecule has 0 radical (unpaired) electrons. The first kappa shape index (κ1) is 21.2. The largest absolute Gasteiger partial charge is 0.416 e. The highest BCUT2D eigenvalue weighted by molar-refractivity contribution is 6.04. The van der Waals surface area contributed by atoms with Gasteiger partial charge in [-0.15, -0.1) is 0 Å². The topological polar surface area (TPSA) is 49.4 Å². The quantitative estimate of drug-likeness (QED) is 0.520. The Kier molecular flexibility index (Phi) is 5.19. The van der Waals surface area contributed by atoms with Crippen molar-refractivity contribution in [3.8, 4) is 11.1 Å². The van der Waals surface area contributed by atoms with E-state index in [1.165, 1.54) is 6.42 Å². The van der Waals surface area contributed by atoms with Crippen LogP contribution in [-0.4, -0.2) is 22.8 Å². The number of hydrogen-bond donors (Lipinski definition) is 1. The zero-order chi connectivity index (χ0) is 23.2. The molecule has 168 valence electrons. The maximum atomic E-state index is 12.8. The standard InChI is InChI=1S/C26H21F3N2O2/c27-26(28,29)20-10-6-17(7-11-20)24(32)30-21-12-8-16(9-13-21)18-4-5-19-15-31(22-2-1-3-22)25(33)23(19)14-18/h4-14,22H,1-3,15H2,(H,30,32). The fourth-order valence-corrected chi connectivity index (χ4v) is 4.26. The summed E-state index contributed by atoms with van der Waals surface area (Å²) in [4.78, 5) is 27.2. The number of fused-ring (bicyclic) bond motifs is 1. The van der Waals surface area contributed by atoms with Gasteiger partial charge in [-0.2, -0.15) is 13.2 Å². The second kappa shape index (κ2) is 8.06. The van der Waals surface area contributed by atoms with Crippen LogP contribution in [0.2, 0.25) is 0 Å². The Hall–Kier alpha value is -3.61. The third-order valence-electron chi connectivity index (χ3n) is 6.41. The van der Waals surface area contributed by atoms with Crippen LogP contribution < -0.4 is 5.32 Å². The molecular formula is C26H21F3N2O2. The molecule has 5 rings (SSSR count). The molecule has 1 N–H and O–H groups in total. The Labute approximate surface area is 189 Å². The van der Waals surface area contributed by atoms with Crippen LogP contribution in [0.15, 0.2) is 66.7 Å². The van der Waals surface area contributed by atoms with Crippen molar-refractivity contribution in [2.75, 3.05) is 5.32 Å². The monoisotopic (exact) mass is 450 g/mol. The van der Waals surface area contributed by atoms with E-state index in [4.69, 9.17) is 0 Å². The summed E-state index contributed by atoms with van der Waals surface area (Å²) in [6, 6.07) is 17.5. The molecule has 1 fully saturated rings. The molecule has 0 aromatic heterocycles. The lowest BCUT2D eigenvalue weighted by molar-refractivity contribution is -0.137. The lowest BCUT2D eigenvalue weighted by Gasteiger charge is -2.34. The first-order valence-corrected chi connectivity index (χ1v) is 10.8. The van der Waals surface area contributed by atoms with Gasteiger partial charge in [0.2, 0.25) is 0 Å². The van der Waals surface area contributed by atoms with Gasteiger partial charge in [0.15, 0.2) is 0 Å². The fourth-order valence-electron chi connectivity index (χ4n) is 4.26. The molecular weight excluding hydrogens is 429 g/mol. The molecule has 1 saturated carbocycles. The number of carbonyl (C=O) groups excluding carboxylic acids is 2. The van der Waals surface area contributed by atoms with Gasteiger partial charge < -0.3 is 10.2 Å². The zero-order valence-electron chi connectivity index (χ0n) is 17.7. The second-order valence-corrected chi connectivity index (χ2v) is 8.50. The molecule has 1 aliphatic heterocycles. The molecule has 0 spiro atoms. The molecule has 0 saturated heterocycles. The van der Waals surface area contributed by atoms with E-state index in [-0.39, 0.29) is 11.5 Å². The van der Waals surface area contributed by atoms with Gasteiger partial charge in [0, 0.05) is 29.4 Å². The molecule has 2 aliphatic rings. The molecule has 0 unspecified atom stereocenters. The Bertz CT molecular complexity index is 1210. The van der Waals surface area contributed by atoms with Crippen molar-refractivity contribution < 1.29 is 22.8 Å². The van der Waals surface area contributed by atoms with Crippen LogP contribution in [0.4, 0.5) is 18.9 Å². The van der Waals surface area contributed by atoms with E-state index in [2.05, 4.69) is 5.32 Å². The summed E-state index contributed by atoms with van der Waals surface area (Å²) in [5.74, 6) is -0.396. The van der Waals surface area contributed by atoms with Crippen LogP contribution in [0.25, 0.3) is 11.1 Å².